The molecule has 1 amide bonds. The molecular weight excluding hydrogens is 290 g/mol. The minimum Gasteiger partial charge on any atom is -0.435 e. The van der Waals surface area contributed by atoms with Gasteiger partial charge in [0.1, 0.15) is 5.75 Å². The van der Waals surface area contributed by atoms with Gasteiger partial charge in [-0.05, 0) is 57.1 Å². The van der Waals surface area contributed by atoms with Crippen molar-refractivity contribution in [2.45, 2.75) is 45.3 Å². The van der Waals surface area contributed by atoms with Gasteiger partial charge in [0, 0.05) is 5.69 Å². The van der Waals surface area contributed by atoms with Crippen LogP contribution in [-0.2, 0) is 4.79 Å². The predicted molar refractivity (Wildman–Crippen MR) is 81.2 cm³/mol. The number of anilines is 1. The average molecular weight is 312 g/mol. The van der Waals surface area contributed by atoms with Gasteiger partial charge in [0.15, 0.2) is 0 Å². The second kappa shape index (κ2) is 8.08. The number of hydrogen-bond donors (Lipinski definition) is 1. The number of alkyl halides is 2. The molecule has 1 heterocycles. The van der Waals surface area contributed by atoms with Gasteiger partial charge in [-0.1, -0.05) is 12.8 Å². The zero-order valence-corrected chi connectivity index (χ0v) is 12.7. The summed E-state index contributed by atoms with van der Waals surface area (Å²) >= 11 is 0. The second-order valence-corrected chi connectivity index (χ2v) is 5.52. The molecule has 1 aromatic rings. The highest BCUT2D eigenvalue weighted by Crippen LogP contribution is 2.19. The lowest BCUT2D eigenvalue weighted by molar-refractivity contribution is -0.120. The number of likely N-dealkylation sites (tertiary alicyclic amines) is 1. The second-order valence-electron chi connectivity index (χ2n) is 5.52. The van der Waals surface area contributed by atoms with E-state index in [0.29, 0.717) is 5.69 Å². The van der Waals surface area contributed by atoms with Crippen molar-refractivity contribution in [1.82, 2.24) is 4.90 Å². The zero-order chi connectivity index (χ0) is 15.9. The van der Waals surface area contributed by atoms with E-state index in [2.05, 4.69) is 15.0 Å². The number of benzene rings is 1. The number of nitrogens with zero attached hydrogens (tertiary/aromatic N) is 1. The van der Waals surface area contributed by atoms with E-state index in [0.717, 1.165) is 25.9 Å². The number of nitrogens with one attached hydrogen (secondary N) is 1. The Morgan fingerprint density at radius 3 is 2.27 bits per heavy atom. The molecule has 122 valence electrons. The fourth-order valence-corrected chi connectivity index (χ4v) is 2.61. The Morgan fingerprint density at radius 1 is 1.14 bits per heavy atom. The maximum Gasteiger partial charge on any atom is 0.387 e. The first kappa shape index (κ1) is 16.7. The number of halogens is 2. The molecule has 2 rings (SSSR count). The molecule has 0 radical (unpaired) electrons. The van der Waals surface area contributed by atoms with E-state index in [1.54, 1.807) is 12.1 Å². The Kier molecular flexibility index (Phi) is 6.12. The minimum atomic E-state index is -2.84. The molecule has 1 saturated heterocycles. The maximum atomic E-state index is 12.3. The molecule has 1 unspecified atom stereocenters. The monoisotopic (exact) mass is 312 g/mol. The fourth-order valence-electron chi connectivity index (χ4n) is 2.61. The Bertz CT molecular complexity index is 472. The highest BCUT2D eigenvalue weighted by molar-refractivity contribution is 5.94. The first-order valence-corrected chi connectivity index (χ1v) is 7.66. The predicted octanol–water partition coefficient (Wildman–Crippen LogP) is 3.49. The van der Waals surface area contributed by atoms with Crippen LogP contribution in [0.2, 0.25) is 0 Å². The summed E-state index contributed by atoms with van der Waals surface area (Å²) in [5.74, 6) is -0.00186. The molecule has 0 saturated carbocycles. The van der Waals surface area contributed by atoms with Crippen LogP contribution in [0.1, 0.15) is 32.6 Å². The van der Waals surface area contributed by atoms with Gasteiger partial charge in [-0.25, -0.2) is 0 Å². The summed E-state index contributed by atoms with van der Waals surface area (Å²) in [4.78, 5) is 14.5. The molecular formula is C16H22F2N2O2. The third-order valence-electron chi connectivity index (χ3n) is 3.91. The molecule has 1 aliphatic heterocycles. The number of hydrogen-bond acceptors (Lipinski definition) is 3. The molecule has 1 fully saturated rings. The van der Waals surface area contributed by atoms with Crippen molar-refractivity contribution < 1.29 is 18.3 Å². The van der Waals surface area contributed by atoms with Crippen LogP contribution < -0.4 is 10.1 Å². The summed E-state index contributed by atoms with van der Waals surface area (Å²) in [5, 5.41) is 2.82. The summed E-state index contributed by atoms with van der Waals surface area (Å²) < 4.78 is 28.4. The summed E-state index contributed by atoms with van der Waals surface area (Å²) in [5.41, 5.74) is 0.577. The normalized spacial score (nSPS) is 17.8. The highest BCUT2D eigenvalue weighted by atomic mass is 19.3. The van der Waals surface area contributed by atoms with Crippen LogP contribution in [0.15, 0.2) is 24.3 Å². The molecule has 1 aromatic carbocycles. The van der Waals surface area contributed by atoms with Crippen molar-refractivity contribution in [1.29, 1.82) is 0 Å². The smallest absolute Gasteiger partial charge is 0.387 e. The maximum absolute atomic E-state index is 12.3. The molecule has 1 aliphatic rings. The molecule has 0 bridgehead atoms. The average Bonchev–Trinajstić information content (AvgIpc) is 2.77. The number of carbonyl (C=O) groups excluding carboxylic acids is 1. The number of ether oxygens (including phenoxy) is 1. The first-order chi connectivity index (χ1) is 10.6. The minimum absolute atomic E-state index is 0.0774. The van der Waals surface area contributed by atoms with Crippen molar-refractivity contribution in [2.24, 2.45) is 0 Å². The van der Waals surface area contributed by atoms with E-state index in [-0.39, 0.29) is 17.7 Å². The quantitative estimate of drug-likeness (QED) is 0.905. The highest BCUT2D eigenvalue weighted by Gasteiger charge is 2.22. The lowest BCUT2D eigenvalue weighted by Gasteiger charge is -2.26. The molecule has 4 nitrogen and oxygen atoms in total. The first-order valence-electron chi connectivity index (χ1n) is 7.66. The molecule has 6 heteroatoms. The van der Waals surface area contributed by atoms with E-state index in [1.165, 1.54) is 25.0 Å². The zero-order valence-electron chi connectivity index (χ0n) is 12.7. The van der Waals surface area contributed by atoms with Crippen LogP contribution >= 0.6 is 0 Å². The molecule has 22 heavy (non-hydrogen) atoms. The Balaban J connectivity index is 1.90. The van der Waals surface area contributed by atoms with Crippen molar-refractivity contribution in [2.75, 3.05) is 18.4 Å². The fraction of sp³-hybridized carbons (Fsp3) is 0.562. The largest absolute Gasteiger partial charge is 0.435 e. The molecule has 1 N–H and O–H groups in total. The van der Waals surface area contributed by atoms with Gasteiger partial charge < -0.3 is 10.1 Å². The third kappa shape index (κ3) is 4.94. The molecule has 0 spiro atoms. The van der Waals surface area contributed by atoms with Crippen LogP contribution in [0, 0.1) is 0 Å². The van der Waals surface area contributed by atoms with E-state index in [1.807, 2.05) is 6.92 Å². The van der Waals surface area contributed by atoms with Gasteiger partial charge in [0.2, 0.25) is 5.91 Å². The SMILES string of the molecule is CC(C(=O)Nc1ccc(OC(F)F)cc1)N1CCCCCC1. The van der Waals surface area contributed by atoms with Crippen LogP contribution in [0.5, 0.6) is 5.75 Å². The van der Waals surface area contributed by atoms with Crippen molar-refractivity contribution in [3.63, 3.8) is 0 Å². The van der Waals surface area contributed by atoms with Gasteiger partial charge in [-0.15, -0.1) is 0 Å². The van der Waals surface area contributed by atoms with E-state index in [9.17, 15) is 13.6 Å². The number of amides is 1. The lowest BCUT2D eigenvalue weighted by atomic mass is 10.2. The topological polar surface area (TPSA) is 41.6 Å². The van der Waals surface area contributed by atoms with Crippen molar-refractivity contribution in [3.8, 4) is 5.75 Å². The Labute approximate surface area is 129 Å². The molecule has 0 aromatic heterocycles. The van der Waals surface area contributed by atoms with Gasteiger partial charge in [0.25, 0.3) is 0 Å². The van der Waals surface area contributed by atoms with Crippen LogP contribution in [0.4, 0.5) is 14.5 Å². The van der Waals surface area contributed by atoms with Crippen LogP contribution in [-0.4, -0.2) is 36.5 Å². The van der Waals surface area contributed by atoms with Gasteiger partial charge >= 0.3 is 6.61 Å². The van der Waals surface area contributed by atoms with E-state index < -0.39 is 6.61 Å². The Hall–Kier alpha value is -1.69. The number of rotatable bonds is 5. The number of carbonyl (C=O) groups is 1. The van der Waals surface area contributed by atoms with Gasteiger partial charge in [0.05, 0.1) is 6.04 Å². The van der Waals surface area contributed by atoms with E-state index >= 15 is 0 Å². The van der Waals surface area contributed by atoms with Gasteiger partial charge in [-0.2, -0.15) is 8.78 Å². The standard InChI is InChI=1S/C16H22F2N2O2/c1-12(20-10-4-2-3-5-11-20)15(21)19-13-6-8-14(9-7-13)22-16(17)18/h6-9,12,16H,2-5,10-11H2,1H3,(H,19,21). The summed E-state index contributed by atoms with van der Waals surface area (Å²) in [7, 11) is 0. The summed E-state index contributed by atoms with van der Waals surface area (Å²) in [6.45, 7) is 0.934. The Morgan fingerprint density at radius 2 is 1.73 bits per heavy atom. The van der Waals surface area contributed by atoms with Crippen LogP contribution in [0.3, 0.4) is 0 Å². The molecule has 0 aliphatic carbocycles. The van der Waals surface area contributed by atoms with Crippen molar-refractivity contribution >= 4 is 11.6 Å². The van der Waals surface area contributed by atoms with E-state index in [4.69, 9.17) is 0 Å². The summed E-state index contributed by atoms with van der Waals surface area (Å²) in [6.07, 6.45) is 4.68. The van der Waals surface area contributed by atoms with Crippen LogP contribution in [0.25, 0.3) is 0 Å². The third-order valence-corrected chi connectivity index (χ3v) is 3.91. The lowest BCUT2D eigenvalue weighted by Crippen LogP contribution is -2.42. The van der Waals surface area contributed by atoms with Crippen molar-refractivity contribution in [3.05, 3.63) is 24.3 Å². The van der Waals surface area contributed by atoms with Gasteiger partial charge in [-0.3, -0.25) is 9.69 Å². The molecule has 1 atom stereocenters. The summed E-state index contributed by atoms with van der Waals surface area (Å²) in [6, 6.07) is 5.75.